The maximum atomic E-state index is 13.0. The molecule has 34 heavy (non-hydrogen) atoms. The van der Waals surface area contributed by atoms with E-state index in [2.05, 4.69) is 0 Å². The van der Waals surface area contributed by atoms with Crippen molar-refractivity contribution in [2.45, 2.75) is 45.1 Å². The zero-order valence-corrected chi connectivity index (χ0v) is 19.1. The first kappa shape index (κ1) is 25.1. The van der Waals surface area contributed by atoms with Crippen LogP contribution in [0.2, 0.25) is 0 Å². The molecular formula is C26H30N2O6. The third-order valence-corrected chi connectivity index (χ3v) is 6.20. The summed E-state index contributed by atoms with van der Waals surface area (Å²) in [6.45, 7) is 0.983. The number of carbonyl (C=O) groups is 3. The van der Waals surface area contributed by atoms with Crippen molar-refractivity contribution in [2.24, 2.45) is 11.8 Å². The molecule has 0 saturated carbocycles. The molecule has 0 bridgehead atoms. The molecule has 0 spiro atoms. The molecule has 1 aliphatic heterocycles. The lowest BCUT2D eigenvalue weighted by molar-refractivity contribution is -0.384. The monoisotopic (exact) mass is 466 g/mol. The van der Waals surface area contributed by atoms with E-state index >= 15 is 0 Å². The van der Waals surface area contributed by atoms with E-state index in [4.69, 9.17) is 4.74 Å². The highest BCUT2D eigenvalue weighted by Crippen LogP contribution is 2.30. The molecular weight excluding hydrogens is 436 g/mol. The van der Waals surface area contributed by atoms with Gasteiger partial charge < -0.3 is 14.4 Å². The summed E-state index contributed by atoms with van der Waals surface area (Å²) in [5.74, 6) is -2.22. The van der Waals surface area contributed by atoms with Gasteiger partial charge in [0.2, 0.25) is 0 Å². The van der Waals surface area contributed by atoms with Gasteiger partial charge in [-0.15, -0.1) is 0 Å². The van der Waals surface area contributed by atoms with Crippen LogP contribution in [0, 0.1) is 22.0 Å². The van der Waals surface area contributed by atoms with Gasteiger partial charge in [-0.25, -0.2) is 0 Å². The highest BCUT2D eigenvalue weighted by Gasteiger charge is 2.32. The number of ether oxygens (including phenoxy) is 1. The van der Waals surface area contributed by atoms with E-state index in [9.17, 15) is 24.5 Å². The van der Waals surface area contributed by atoms with Crippen LogP contribution in [0.25, 0.3) is 0 Å². The minimum Gasteiger partial charge on any atom is -0.461 e. The van der Waals surface area contributed by atoms with Crippen LogP contribution in [0.3, 0.4) is 0 Å². The van der Waals surface area contributed by atoms with Crippen LogP contribution in [0.1, 0.15) is 44.1 Å². The maximum absolute atomic E-state index is 13.0. The van der Waals surface area contributed by atoms with Gasteiger partial charge in [0.15, 0.2) is 0 Å². The summed E-state index contributed by atoms with van der Waals surface area (Å²) in [4.78, 5) is 50.6. The minimum absolute atomic E-state index is 0.00578. The van der Waals surface area contributed by atoms with Crippen molar-refractivity contribution < 1.29 is 24.0 Å². The lowest BCUT2D eigenvalue weighted by Crippen LogP contribution is -2.34. The SMILES string of the molecule is O=CC1CCN(c2ccccc2[N+](=O)[O-])CCCCCC(=O)CC1C(=O)OCc1ccccc1. The Morgan fingerprint density at radius 1 is 1.06 bits per heavy atom. The van der Waals surface area contributed by atoms with Gasteiger partial charge in [-0.2, -0.15) is 0 Å². The van der Waals surface area contributed by atoms with Crippen LogP contribution in [0.5, 0.6) is 0 Å². The number of nitrogens with zero attached hydrogens (tertiary/aromatic N) is 2. The number of benzene rings is 2. The quantitative estimate of drug-likeness (QED) is 0.267. The van der Waals surface area contributed by atoms with E-state index in [0.29, 0.717) is 37.9 Å². The summed E-state index contributed by atoms with van der Waals surface area (Å²) < 4.78 is 5.48. The molecule has 1 fully saturated rings. The lowest BCUT2D eigenvalue weighted by Gasteiger charge is -2.28. The summed E-state index contributed by atoms with van der Waals surface area (Å²) in [7, 11) is 0. The summed E-state index contributed by atoms with van der Waals surface area (Å²) in [6, 6.07) is 15.8. The first-order valence-corrected chi connectivity index (χ1v) is 11.7. The van der Waals surface area contributed by atoms with Crippen LogP contribution in [-0.2, 0) is 25.7 Å². The number of nitro benzene ring substituents is 1. The Hall–Kier alpha value is -3.55. The summed E-state index contributed by atoms with van der Waals surface area (Å²) in [6.07, 6.45) is 3.53. The first-order chi connectivity index (χ1) is 16.5. The highest BCUT2D eigenvalue weighted by molar-refractivity contribution is 5.86. The molecule has 0 radical (unpaired) electrons. The average molecular weight is 467 g/mol. The molecule has 2 aromatic carbocycles. The van der Waals surface area contributed by atoms with Crippen molar-refractivity contribution in [1.82, 2.24) is 0 Å². The maximum Gasteiger partial charge on any atom is 0.310 e. The Kier molecular flexibility index (Phi) is 9.31. The van der Waals surface area contributed by atoms with E-state index in [0.717, 1.165) is 18.4 Å². The lowest BCUT2D eigenvalue weighted by atomic mass is 9.85. The normalized spacial score (nSPS) is 20.0. The minimum atomic E-state index is -0.874. The summed E-state index contributed by atoms with van der Waals surface area (Å²) >= 11 is 0. The second-order valence-electron chi connectivity index (χ2n) is 8.57. The first-order valence-electron chi connectivity index (χ1n) is 11.7. The number of nitro groups is 1. The van der Waals surface area contributed by atoms with Crippen LogP contribution >= 0.6 is 0 Å². The molecule has 0 N–H and O–H groups in total. The standard InChI is InChI=1S/C26H30N2O6/c29-18-21-14-16-27(24-12-6-7-13-25(24)28(32)33)15-8-2-5-11-22(30)17-23(21)26(31)34-19-20-9-3-1-4-10-20/h1,3-4,6-7,9-10,12-13,18,21,23H,2,5,8,11,14-17,19H2. The Morgan fingerprint density at radius 3 is 2.53 bits per heavy atom. The van der Waals surface area contributed by atoms with Crippen molar-refractivity contribution in [3.05, 3.63) is 70.3 Å². The molecule has 0 amide bonds. The van der Waals surface area contributed by atoms with Crippen LogP contribution in [0.4, 0.5) is 11.4 Å². The van der Waals surface area contributed by atoms with E-state index in [1.165, 1.54) is 6.07 Å². The van der Waals surface area contributed by atoms with Crippen LogP contribution < -0.4 is 4.90 Å². The van der Waals surface area contributed by atoms with E-state index < -0.39 is 22.7 Å². The van der Waals surface area contributed by atoms with Gasteiger partial charge in [-0.1, -0.05) is 48.9 Å². The summed E-state index contributed by atoms with van der Waals surface area (Å²) in [5.41, 5.74) is 1.32. The van der Waals surface area contributed by atoms with E-state index in [-0.39, 0.29) is 30.9 Å². The fraction of sp³-hybridized carbons (Fsp3) is 0.423. The van der Waals surface area contributed by atoms with Crippen molar-refractivity contribution >= 4 is 29.4 Å². The summed E-state index contributed by atoms with van der Waals surface area (Å²) in [5, 5.41) is 11.6. The molecule has 1 aliphatic rings. The van der Waals surface area contributed by atoms with Gasteiger partial charge in [0.25, 0.3) is 5.69 Å². The van der Waals surface area contributed by atoms with E-state index in [1.807, 2.05) is 35.2 Å². The fourth-order valence-corrected chi connectivity index (χ4v) is 4.30. The molecule has 0 aromatic heterocycles. The van der Waals surface area contributed by atoms with Gasteiger partial charge in [-0.3, -0.25) is 19.7 Å². The van der Waals surface area contributed by atoms with Gasteiger partial charge in [0.05, 0.1) is 10.8 Å². The van der Waals surface area contributed by atoms with Crippen molar-refractivity contribution in [2.75, 3.05) is 18.0 Å². The number of hydrogen-bond acceptors (Lipinski definition) is 7. The molecule has 1 saturated heterocycles. The van der Waals surface area contributed by atoms with Gasteiger partial charge in [0.1, 0.15) is 24.4 Å². The molecule has 180 valence electrons. The molecule has 8 nitrogen and oxygen atoms in total. The van der Waals surface area contributed by atoms with Gasteiger partial charge in [-0.05, 0) is 30.9 Å². The molecule has 2 atom stereocenters. The molecule has 1 heterocycles. The Bertz CT molecular complexity index is 994. The molecule has 2 unspecified atom stereocenters. The number of esters is 1. The van der Waals surface area contributed by atoms with Crippen molar-refractivity contribution in [3.8, 4) is 0 Å². The second kappa shape index (κ2) is 12.6. The zero-order valence-electron chi connectivity index (χ0n) is 19.1. The largest absolute Gasteiger partial charge is 0.461 e. The number of aldehydes is 1. The Labute approximate surface area is 199 Å². The smallest absolute Gasteiger partial charge is 0.310 e. The number of carbonyl (C=O) groups excluding carboxylic acids is 3. The third-order valence-electron chi connectivity index (χ3n) is 6.20. The average Bonchev–Trinajstić information content (AvgIpc) is 2.85. The predicted octanol–water partition coefficient (Wildman–Crippen LogP) is 4.50. The molecule has 0 aliphatic carbocycles. The van der Waals surface area contributed by atoms with Gasteiger partial charge in [0, 0.05) is 37.9 Å². The zero-order chi connectivity index (χ0) is 24.3. The Balaban J connectivity index is 1.79. The van der Waals surface area contributed by atoms with Crippen LogP contribution in [-0.4, -0.2) is 36.1 Å². The van der Waals surface area contributed by atoms with Crippen LogP contribution in [0.15, 0.2) is 54.6 Å². The van der Waals surface area contributed by atoms with Crippen molar-refractivity contribution in [1.29, 1.82) is 0 Å². The molecule has 2 aromatic rings. The number of ketones is 1. The fourth-order valence-electron chi connectivity index (χ4n) is 4.30. The Morgan fingerprint density at radius 2 is 1.79 bits per heavy atom. The second-order valence-corrected chi connectivity index (χ2v) is 8.57. The number of para-hydroxylation sites is 2. The van der Waals surface area contributed by atoms with E-state index in [1.54, 1.807) is 18.2 Å². The number of anilines is 1. The molecule has 8 heteroatoms. The van der Waals surface area contributed by atoms with Crippen molar-refractivity contribution in [3.63, 3.8) is 0 Å². The topological polar surface area (TPSA) is 107 Å². The predicted molar refractivity (Wildman–Crippen MR) is 127 cm³/mol. The number of hydrogen-bond donors (Lipinski definition) is 0. The third kappa shape index (κ3) is 6.97. The highest BCUT2D eigenvalue weighted by atomic mass is 16.6. The number of Topliss-reactive ketones (excluding diaryl/α,β-unsaturated/α-hetero) is 1. The molecule has 3 rings (SSSR count). The van der Waals surface area contributed by atoms with Gasteiger partial charge >= 0.3 is 5.97 Å². The number of rotatable bonds is 6.